The lowest BCUT2D eigenvalue weighted by molar-refractivity contribution is 0.0243. The van der Waals surface area contributed by atoms with E-state index >= 15 is 0 Å². The van der Waals surface area contributed by atoms with Crippen molar-refractivity contribution >= 4 is 29.9 Å². The van der Waals surface area contributed by atoms with Crippen LogP contribution in [0.3, 0.4) is 0 Å². The van der Waals surface area contributed by atoms with Crippen LogP contribution >= 0.6 is 24.0 Å². The zero-order valence-corrected chi connectivity index (χ0v) is 17.7. The van der Waals surface area contributed by atoms with E-state index in [4.69, 9.17) is 14.2 Å². The van der Waals surface area contributed by atoms with Crippen molar-refractivity contribution in [2.75, 3.05) is 40.5 Å². The number of ether oxygens (including phenoxy) is 3. The van der Waals surface area contributed by atoms with Gasteiger partial charge in [0.25, 0.3) is 0 Å². The van der Waals surface area contributed by atoms with Gasteiger partial charge >= 0.3 is 0 Å². The van der Waals surface area contributed by atoms with Crippen LogP contribution in [-0.2, 0) is 4.74 Å². The first-order valence-corrected chi connectivity index (χ1v) is 8.50. The summed E-state index contributed by atoms with van der Waals surface area (Å²) in [5, 5.41) is 6.63. The van der Waals surface area contributed by atoms with Gasteiger partial charge in [0.1, 0.15) is 11.5 Å². The molecule has 1 aliphatic heterocycles. The van der Waals surface area contributed by atoms with E-state index in [1.807, 2.05) is 24.3 Å². The van der Waals surface area contributed by atoms with Crippen LogP contribution in [0, 0.1) is 0 Å². The zero-order chi connectivity index (χ0) is 17.3. The van der Waals surface area contributed by atoms with Gasteiger partial charge in [0.15, 0.2) is 5.96 Å². The number of hydrogen-bond donors (Lipinski definition) is 2. The number of nitrogens with one attached hydrogen (secondary N) is 2. The van der Waals surface area contributed by atoms with Gasteiger partial charge < -0.3 is 24.8 Å². The molecular weight excluding hydrogens is 433 g/mol. The molecule has 142 valence electrons. The first-order valence-electron chi connectivity index (χ1n) is 8.50. The van der Waals surface area contributed by atoms with Gasteiger partial charge in [-0.2, -0.15) is 0 Å². The molecule has 0 radical (unpaired) electrons. The van der Waals surface area contributed by atoms with Crippen LogP contribution in [0.5, 0.6) is 11.5 Å². The fourth-order valence-corrected chi connectivity index (χ4v) is 2.61. The Balaban J connectivity index is 0.00000312. The predicted octanol–water partition coefficient (Wildman–Crippen LogP) is 2.82. The molecule has 2 rings (SSSR count). The Morgan fingerprint density at radius 3 is 2.56 bits per heavy atom. The molecule has 0 bridgehead atoms. The summed E-state index contributed by atoms with van der Waals surface area (Å²) in [5.41, 5.74) is -0.0743. The van der Waals surface area contributed by atoms with Crippen molar-refractivity contribution in [1.82, 2.24) is 10.6 Å². The SMILES string of the molecule is CN=C(NCCCOc1ccc(OC)cc1)NCC1(C)CCCO1.I. The van der Waals surface area contributed by atoms with E-state index in [2.05, 4.69) is 22.5 Å². The maximum Gasteiger partial charge on any atom is 0.191 e. The van der Waals surface area contributed by atoms with E-state index in [0.29, 0.717) is 6.61 Å². The predicted molar refractivity (Wildman–Crippen MR) is 111 cm³/mol. The number of benzene rings is 1. The van der Waals surface area contributed by atoms with Crippen molar-refractivity contribution in [3.63, 3.8) is 0 Å². The summed E-state index contributed by atoms with van der Waals surface area (Å²) in [6.45, 7) is 5.22. The second kappa shape index (κ2) is 11.4. The summed E-state index contributed by atoms with van der Waals surface area (Å²) in [4.78, 5) is 4.24. The fourth-order valence-electron chi connectivity index (χ4n) is 2.61. The molecular formula is C18H30IN3O3. The van der Waals surface area contributed by atoms with Crippen LogP contribution < -0.4 is 20.1 Å². The lowest BCUT2D eigenvalue weighted by atomic mass is 10.0. The van der Waals surface area contributed by atoms with Crippen molar-refractivity contribution in [3.05, 3.63) is 24.3 Å². The van der Waals surface area contributed by atoms with Crippen LogP contribution in [-0.4, -0.2) is 52.0 Å². The van der Waals surface area contributed by atoms with E-state index in [-0.39, 0.29) is 29.6 Å². The molecule has 25 heavy (non-hydrogen) atoms. The first-order chi connectivity index (χ1) is 11.6. The minimum absolute atomic E-state index is 0. The molecule has 0 spiro atoms. The van der Waals surface area contributed by atoms with Crippen LogP contribution in [0.4, 0.5) is 0 Å². The third kappa shape index (κ3) is 7.68. The highest BCUT2D eigenvalue weighted by Gasteiger charge is 2.29. The van der Waals surface area contributed by atoms with Crippen molar-refractivity contribution in [2.45, 2.75) is 31.8 Å². The molecule has 1 unspecified atom stereocenters. The molecule has 1 atom stereocenters. The van der Waals surface area contributed by atoms with Crippen LogP contribution in [0.15, 0.2) is 29.3 Å². The number of aliphatic imine (C=N–C) groups is 1. The Hall–Kier alpha value is -1.22. The molecule has 0 saturated carbocycles. The minimum Gasteiger partial charge on any atom is -0.497 e. The van der Waals surface area contributed by atoms with Crippen LogP contribution in [0.2, 0.25) is 0 Å². The van der Waals surface area contributed by atoms with Gasteiger partial charge in [-0.1, -0.05) is 0 Å². The van der Waals surface area contributed by atoms with Gasteiger partial charge in [-0.25, -0.2) is 0 Å². The first kappa shape index (κ1) is 21.8. The molecule has 0 amide bonds. The summed E-state index contributed by atoms with van der Waals surface area (Å²) in [6, 6.07) is 7.61. The highest BCUT2D eigenvalue weighted by molar-refractivity contribution is 14.0. The average Bonchev–Trinajstić information content (AvgIpc) is 3.04. The molecule has 1 aromatic rings. The Kier molecular flexibility index (Phi) is 9.96. The normalized spacial score (nSPS) is 19.9. The number of hydrogen-bond acceptors (Lipinski definition) is 4. The molecule has 0 aromatic heterocycles. The molecule has 6 nitrogen and oxygen atoms in total. The smallest absolute Gasteiger partial charge is 0.191 e. The number of nitrogens with zero attached hydrogens (tertiary/aromatic N) is 1. The van der Waals surface area contributed by atoms with Gasteiger partial charge in [-0.3, -0.25) is 4.99 Å². The molecule has 1 aromatic carbocycles. The van der Waals surface area contributed by atoms with E-state index in [0.717, 1.165) is 56.4 Å². The van der Waals surface area contributed by atoms with Crippen LogP contribution in [0.25, 0.3) is 0 Å². The Morgan fingerprint density at radius 2 is 1.96 bits per heavy atom. The van der Waals surface area contributed by atoms with E-state index in [1.54, 1.807) is 14.2 Å². The highest BCUT2D eigenvalue weighted by Crippen LogP contribution is 2.23. The van der Waals surface area contributed by atoms with Crippen molar-refractivity contribution in [3.8, 4) is 11.5 Å². The largest absolute Gasteiger partial charge is 0.497 e. The molecule has 1 fully saturated rings. The van der Waals surface area contributed by atoms with Gasteiger partial charge in [0.2, 0.25) is 0 Å². The van der Waals surface area contributed by atoms with Gasteiger partial charge in [-0.05, 0) is 50.5 Å². The summed E-state index contributed by atoms with van der Waals surface area (Å²) in [7, 11) is 3.43. The lowest BCUT2D eigenvalue weighted by Gasteiger charge is -2.24. The Labute approximate surface area is 167 Å². The Bertz CT molecular complexity index is 517. The lowest BCUT2D eigenvalue weighted by Crippen LogP contribution is -2.45. The maximum absolute atomic E-state index is 5.77. The summed E-state index contributed by atoms with van der Waals surface area (Å²) in [5.74, 6) is 2.49. The van der Waals surface area contributed by atoms with E-state index in [9.17, 15) is 0 Å². The molecule has 7 heteroatoms. The Morgan fingerprint density at radius 1 is 1.24 bits per heavy atom. The average molecular weight is 463 g/mol. The number of guanidine groups is 1. The van der Waals surface area contributed by atoms with Gasteiger partial charge in [0.05, 0.1) is 19.3 Å². The standard InChI is InChI=1S/C18H29N3O3.HI/c1-18(10-4-13-24-18)14-21-17(19-2)20-11-5-12-23-16-8-6-15(22-3)7-9-16;/h6-9H,4-5,10-14H2,1-3H3,(H2,19,20,21);1H. The third-order valence-corrected chi connectivity index (χ3v) is 4.10. The minimum atomic E-state index is -0.0743. The number of halogens is 1. The van der Waals surface area contributed by atoms with Crippen molar-refractivity contribution in [1.29, 1.82) is 0 Å². The number of rotatable bonds is 8. The second-order valence-corrected chi connectivity index (χ2v) is 6.13. The molecule has 1 heterocycles. The summed E-state index contributed by atoms with van der Waals surface area (Å²) in [6.07, 6.45) is 3.11. The summed E-state index contributed by atoms with van der Waals surface area (Å²) >= 11 is 0. The van der Waals surface area contributed by atoms with Gasteiger partial charge in [0, 0.05) is 26.7 Å². The molecule has 0 aliphatic carbocycles. The highest BCUT2D eigenvalue weighted by atomic mass is 127. The zero-order valence-electron chi connectivity index (χ0n) is 15.3. The molecule has 2 N–H and O–H groups in total. The monoisotopic (exact) mass is 463 g/mol. The molecule has 1 aliphatic rings. The molecule has 1 saturated heterocycles. The fraction of sp³-hybridized carbons (Fsp3) is 0.611. The third-order valence-electron chi connectivity index (χ3n) is 4.10. The van der Waals surface area contributed by atoms with E-state index in [1.165, 1.54) is 0 Å². The van der Waals surface area contributed by atoms with E-state index < -0.39 is 0 Å². The second-order valence-electron chi connectivity index (χ2n) is 6.13. The van der Waals surface area contributed by atoms with Gasteiger partial charge in [-0.15, -0.1) is 24.0 Å². The quantitative estimate of drug-likeness (QED) is 0.269. The topological polar surface area (TPSA) is 64.1 Å². The van der Waals surface area contributed by atoms with Crippen molar-refractivity contribution in [2.24, 2.45) is 4.99 Å². The number of methoxy groups -OCH3 is 1. The van der Waals surface area contributed by atoms with Crippen molar-refractivity contribution < 1.29 is 14.2 Å². The maximum atomic E-state index is 5.77. The summed E-state index contributed by atoms with van der Waals surface area (Å²) < 4.78 is 16.6. The van der Waals surface area contributed by atoms with Crippen LogP contribution in [0.1, 0.15) is 26.2 Å².